The molecule has 5 heteroatoms. The van der Waals surface area contributed by atoms with Crippen molar-refractivity contribution in [1.29, 1.82) is 0 Å². The summed E-state index contributed by atoms with van der Waals surface area (Å²) in [5.74, 6) is 1.26. The lowest BCUT2D eigenvalue weighted by molar-refractivity contribution is 0.641. The van der Waals surface area contributed by atoms with Crippen molar-refractivity contribution in [3.05, 3.63) is 11.2 Å². The lowest BCUT2D eigenvalue weighted by atomic mass is 10.2. The average molecular weight is 274 g/mol. The summed E-state index contributed by atoms with van der Waals surface area (Å²) >= 11 is 7.81. The van der Waals surface area contributed by atoms with Gasteiger partial charge >= 0.3 is 0 Å². The largest absolute Gasteiger partial charge is 0.354 e. The average Bonchev–Trinajstić information content (AvgIpc) is 2.29. The van der Waals surface area contributed by atoms with E-state index in [1.807, 2.05) is 0 Å². The van der Waals surface area contributed by atoms with Gasteiger partial charge in [0.2, 0.25) is 5.95 Å². The molecule has 1 aromatic rings. The number of anilines is 1. The van der Waals surface area contributed by atoms with E-state index < -0.39 is 0 Å². The van der Waals surface area contributed by atoms with Crippen LogP contribution in [0.1, 0.15) is 34.1 Å². The minimum Gasteiger partial charge on any atom is -0.354 e. The molecule has 0 amide bonds. The Labute approximate surface area is 113 Å². The molecular formula is C12H20ClN3S. The van der Waals surface area contributed by atoms with Crippen LogP contribution in [0.2, 0.25) is 5.02 Å². The SMILES string of the molecule is CCCNc1ncc(Cl)c(SC(C)C(C)C)n1. The van der Waals surface area contributed by atoms with Gasteiger partial charge in [-0.1, -0.05) is 39.3 Å². The highest BCUT2D eigenvalue weighted by molar-refractivity contribution is 8.00. The van der Waals surface area contributed by atoms with Crippen molar-refractivity contribution in [2.75, 3.05) is 11.9 Å². The van der Waals surface area contributed by atoms with Crippen molar-refractivity contribution < 1.29 is 0 Å². The van der Waals surface area contributed by atoms with E-state index in [4.69, 9.17) is 11.6 Å². The summed E-state index contributed by atoms with van der Waals surface area (Å²) in [6.45, 7) is 9.57. The minimum absolute atomic E-state index is 0.487. The third-order valence-corrected chi connectivity index (χ3v) is 4.32. The van der Waals surface area contributed by atoms with Gasteiger partial charge in [-0.25, -0.2) is 9.97 Å². The van der Waals surface area contributed by atoms with E-state index in [9.17, 15) is 0 Å². The fourth-order valence-corrected chi connectivity index (χ4v) is 2.22. The van der Waals surface area contributed by atoms with Crippen LogP contribution in [0, 0.1) is 5.92 Å². The van der Waals surface area contributed by atoms with Gasteiger partial charge in [-0.2, -0.15) is 0 Å². The number of nitrogens with zero attached hydrogens (tertiary/aromatic N) is 2. The minimum atomic E-state index is 0.487. The van der Waals surface area contributed by atoms with Crippen LogP contribution in [-0.2, 0) is 0 Å². The van der Waals surface area contributed by atoms with Crippen LogP contribution in [0.4, 0.5) is 5.95 Å². The number of hydrogen-bond donors (Lipinski definition) is 1. The number of hydrogen-bond acceptors (Lipinski definition) is 4. The van der Waals surface area contributed by atoms with Crippen molar-refractivity contribution >= 4 is 29.3 Å². The van der Waals surface area contributed by atoms with E-state index in [-0.39, 0.29) is 0 Å². The predicted octanol–water partition coefficient (Wildman–Crippen LogP) is 4.09. The predicted molar refractivity (Wildman–Crippen MR) is 76.0 cm³/mol. The summed E-state index contributed by atoms with van der Waals surface area (Å²) in [4.78, 5) is 8.60. The lowest BCUT2D eigenvalue weighted by Gasteiger charge is -2.15. The van der Waals surface area contributed by atoms with Gasteiger partial charge in [0.15, 0.2) is 0 Å². The molecule has 0 aromatic carbocycles. The molecule has 1 N–H and O–H groups in total. The summed E-state index contributed by atoms with van der Waals surface area (Å²) in [6.07, 6.45) is 2.72. The van der Waals surface area contributed by atoms with Crippen LogP contribution in [0.25, 0.3) is 0 Å². The summed E-state index contributed by atoms with van der Waals surface area (Å²) in [5.41, 5.74) is 0. The molecule has 3 nitrogen and oxygen atoms in total. The van der Waals surface area contributed by atoms with Gasteiger partial charge in [0.25, 0.3) is 0 Å². The summed E-state index contributed by atoms with van der Waals surface area (Å²) in [5, 5.41) is 5.15. The van der Waals surface area contributed by atoms with Crippen molar-refractivity contribution in [2.24, 2.45) is 5.92 Å². The monoisotopic (exact) mass is 273 g/mol. The molecule has 0 aliphatic carbocycles. The van der Waals surface area contributed by atoms with Crippen molar-refractivity contribution in [2.45, 2.75) is 44.4 Å². The first-order valence-corrected chi connectivity index (χ1v) is 7.23. The molecule has 0 bridgehead atoms. The van der Waals surface area contributed by atoms with Crippen LogP contribution < -0.4 is 5.32 Å². The summed E-state index contributed by atoms with van der Waals surface area (Å²) in [7, 11) is 0. The molecule has 0 fully saturated rings. The molecule has 0 spiro atoms. The standard InChI is InChI=1S/C12H20ClN3S/c1-5-6-14-12-15-7-10(13)11(16-12)17-9(4)8(2)3/h7-9H,5-6H2,1-4H3,(H,14,15,16). The Kier molecular flexibility index (Phi) is 6.06. The van der Waals surface area contributed by atoms with Crippen LogP contribution in [0.15, 0.2) is 11.2 Å². The third-order valence-electron chi connectivity index (χ3n) is 2.48. The second-order valence-corrected chi connectivity index (χ2v) is 6.11. The first kappa shape index (κ1) is 14.6. The van der Waals surface area contributed by atoms with Crippen LogP contribution >= 0.6 is 23.4 Å². The maximum atomic E-state index is 6.11. The molecule has 0 saturated heterocycles. The maximum absolute atomic E-state index is 6.11. The molecule has 17 heavy (non-hydrogen) atoms. The molecule has 0 aliphatic rings. The highest BCUT2D eigenvalue weighted by Crippen LogP contribution is 2.31. The van der Waals surface area contributed by atoms with Gasteiger partial charge < -0.3 is 5.32 Å². The Bertz CT molecular complexity index is 358. The van der Waals surface area contributed by atoms with Crippen molar-refractivity contribution in [3.8, 4) is 0 Å². The molecule has 1 atom stereocenters. The highest BCUT2D eigenvalue weighted by Gasteiger charge is 2.13. The normalized spacial score (nSPS) is 12.8. The van der Waals surface area contributed by atoms with E-state index in [0.717, 1.165) is 18.0 Å². The Morgan fingerprint density at radius 3 is 2.71 bits per heavy atom. The number of halogens is 1. The second-order valence-electron chi connectivity index (χ2n) is 4.34. The second kappa shape index (κ2) is 7.07. The van der Waals surface area contributed by atoms with Crippen molar-refractivity contribution in [3.63, 3.8) is 0 Å². The third kappa shape index (κ3) is 4.72. The number of nitrogens with one attached hydrogen (secondary N) is 1. The Morgan fingerprint density at radius 1 is 1.41 bits per heavy atom. The van der Waals surface area contributed by atoms with E-state index in [2.05, 4.69) is 43.0 Å². The Hall–Kier alpha value is -0.480. The van der Waals surface area contributed by atoms with Gasteiger partial charge in [0.1, 0.15) is 5.03 Å². The summed E-state index contributed by atoms with van der Waals surface area (Å²) < 4.78 is 0. The summed E-state index contributed by atoms with van der Waals surface area (Å²) in [6, 6.07) is 0. The molecule has 0 radical (unpaired) electrons. The van der Waals surface area contributed by atoms with E-state index in [1.165, 1.54) is 0 Å². The topological polar surface area (TPSA) is 37.8 Å². The van der Waals surface area contributed by atoms with Gasteiger partial charge in [0.05, 0.1) is 11.2 Å². The first-order valence-electron chi connectivity index (χ1n) is 5.97. The van der Waals surface area contributed by atoms with Crippen LogP contribution in [0.5, 0.6) is 0 Å². The number of thioether (sulfide) groups is 1. The zero-order valence-corrected chi connectivity index (χ0v) is 12.4. The van der Waals surface area contributed by atoms with Crippen molar-refractivity contribution in [1.82, 2.24) is 9.97 Å². The van der Waals surface area contributed by atoms with E-state index in [0.29, 0.717) is 22.1 Å². The zero-order valence-electron chi connectivity index (χ0n) is 10.8. The fourth-order valence-electron chi connectivity index (χ4n) is 1.07. The van der Waals surface area contributed by atoms with Gasteiger partial charge in [-0.3, -0.25) is 0 Å². The molecule has 96 valence electrons. The number of aromatic nitrogens is 2. The highest BCUT2D eigenvalue weighted by atomic mass is 35.5. The quantitative estimate of drug-likeness (QED) is 0.626. The molecule has 1 unspecified atom stereocenters. The van der Waals surface area contributed by atoms with Gasteiger partial charge in [-0.15, -0.1) is 11.8 Å². The van der Waals surface area contributed by atoms with Crippen LogP contribution in [-0.4, -0.2) is 21.8 Å². The first-order chi connectivity index (χ1) is 8.04. The molecule has 1 heterocycles. The molecular weight excluding hydrogens is 254 g/mol. The zero-order chi connectivity index (χ0) is 12.8. The van der Waals surface area contributed by atoms with Gasteiger partial charge in [-0.05, 0) is 12.3 Å². The molecule has 0 saturated carbocycles. The number of rotatable bonds is 6. The molecule has 1 aromatic heterocycles. The van der Waals surface area contributed by atoms with Crippen LogP contribution in [0.3, 0.4) is 0 Å². The maximum Gasteiger partial charge on any atom is 0.223 e. The van der Waals surface area contributed by atoms with E-state index >= 15 is 0 Å². The lowest BCUT2D eigenvalue weighted by Crippen LogP contribution is -2.08. The smallest absolute Gasteiger partial charge is 0.223 e. The fraction of sp³-hybridized carbons (Fsp3) is 0.667. The molecule has 1 rings (SSSR count). The Morgan fingerprint density at radius 2 is 2.12 bits per heavy atom. The van der Waals surface area contributed by atoms with E-state index in [1.54, 1.807) is 18.0 Å². The molecule has 0 aliphatic heterocycles. The van der Waals surface area contributed by atoms with Gasteiger partial charge in [0, 0.05) is 11.8 Å². The Balaban J connectivity index is 2.75.